The van der Waals surface area contributed by atoms with Crippen molar-refractivity contribution in [3.8, 4) is 22.3 Å². The first-order valence-corrected chi connectivity index (χ1v) is 15.6. The Bertz CT molecular complexity index is 1830. The van der Waals surface area contributed by atoms with Crippen LogP contribution in [0.3, 0.4) is 0 Å². The number of halogens is 1. The van der Waals surface area contributed by atoms with E-state index in [-0.39, 0.29) is 58.3 Å². The molecule has 0 radical (unpaired) electrons. The van der Waals surface area contributed by atoms with Crippen molar-refractivity contribution in [3.63, 3.8) is 0 Å². The number of aliphatic hydroxyl groups is 2. The van der Waals surface area contributed by atoms with E-state index in [1.807, 2.05) is 32.0 Å². The number of nitrogens with zero attached hydrogens (tertiary/aromatic N) is 1. The number of rotatable bonds is 12. The Balaban J connectivity index is 0.00000576. The average molecular weight is 660 g/mol. The molecule has 10 nitrogen and oxygen atoms in total. The zero-order chi connectivity index (χ0) is 32.9. The monoisotopic (exact) mass is 659 g/mol. The molecule has 0 aliphatic heterocycles. The molecule has 1 heterocycles. The van der Waals surface area contributed by atoms with Crippen molar-refractivity contribution in [1.82, 2.24) is 4.57 Å². The van der Waals surface area contributed by atoms with E-state index in [0.717, 1.165) is 0 Å². The molecule has 6 N–H and O–H groups in total. The Hall–Kier alpha value is -3.62. The number of nitrogens with one attached hydrogen (secondary N) is 1. The third-order valence-electron chi connectivity index (χ3n) is 6.99. The first-order chi connectivity index (χ1) is 21.3. The van der Waals surface area contributed by atoms with E-state index in [4.69, 9.17) is 10.2 Å². The van der Waals surface area contributed by atoms with Crippen LogP contribution < -0.4 is 10.5 Å². The summed E-state index contributed by atoms with van der Waals surface area (Å²) in [4.78, 5) is 25.0. The maximum atomic E-state index is 14.2. The van der Waals surface area contributed by atoms with Crippen LogP contribution in [0.25, 0.3) is 28.3 Å². The molecule has 13 heteroatoms. The number of carboxylic acid groups (broad SMARTS) is 1. The molecular weight excluding hydrogens is 624 g/mol. The summed E-state index contributed by atoms with van der Waals surface area (Å²) < 4.78 is 39.7. The van der Waals surface area contributed by atoms with E-state index in [1.165, 1.54) is 42.5 Å². The summed E-state index contributed by atoms with van der Waals surface area (Å²) in [6.07, 6.45) is -0.307. The van der Waals surface area contributed by atoms with E-state index in [0.29, 0.717) is 27.9 Å². The number of primary sulfonamides is 1. The topological polar surface area (TPSA) is 172 Å². The summed E-state index contributed by atoms with van der Waals surface area (Å²) in [7, 11) is -4.04. The summed E-state index contributed by atoms with van der Waals surface area (Å²) in [5.41, 5.74) is 3.14. The summed E-state index contributed by atoms with van der Waals surface area (Å²) in [5.74, 6) is -2.24. The average Bonchev–Trinajstić information content (AvgIpc) is 3.32. The second-order valence-electron chi connectivity index (χ2n) is 10.8. The predicted octanol–water partition coefficient (Wildman–Crippen LogP) is 4.39. The van der Waals surface area contributed by atoms with Crippen molar-refractivity contribution < 1.29 is 37.7 Å². The van der Waals surface area contributed by atoms with Crippen LogP contribution in [-0.4, -0.2) is 81.9 Å². The van der Waals surface area contributed by atoms with Gasteiger partial charge in [0.25, 0.3) is 5.91 Å². The Labute approximate surface area is 288 Å². The fourth-order valence-corrected chi connectivity index (χ4v) is 5.67. The molecule has 0 aliphatic carbocycles. The van der Waals surface area contributed by atoms with Crippen LogP contribution in [0.2, 0.25) is 0 Å². The summed E-state index contributed by atoms with van der Waals surface area (Å²) in [6.45, 7) is 3.71. The zero-order valence-electron chi connectivity index (χ0n) is 24.6. The van der Waals surface area contributed by atoms with E-state index in [2.05, 4.69) is 5.32 Å². The molecule has 0 saturated carbocycles. The molecule has 3 aromatic carbocycles. The maximum absolute atomic E-state index is 14.2. The number of sulfonamides is 1. The van der Waals surface area contributed by atoms with Crippen molar-refractivity contribution >= 4 is 63.2 Å². The number of hydrogen-bond donors (Lipinski definition) is 5. The van der Waals surface area contributed by atoms with Gasteiger partial charge >= 0.3 is 35.5 Å². The number of carbonyl (C=O) groups excluding carboxylic acids is 1. The van der Waals surface area contributed by atoms with Crippen molar-refractivity contribution in [1.29, 1.82) is 0 Å². The van der Waals surface area contributed by atoms with Crippen LogP contribution >= 0.6 is 0 Å². The number of hydrogen-bond acceptors (Lipinski definition) is 6. The third-order valence-corrected chi connectivity index (χ3v) is 7.90. The van der Waals surface area contributed by atoms with Gasteiger partial charge in [-0.15, -0.1) is 0 Å². The Kier molecular flexibility index (Phi) is 12.6. The number of aromatic nitrogens is 1. The van der Waals surface area contributed by atoms with Crippen LogP contribution in [0.15, 0.2) is 89.8 Å². The molecule has 4 rings (SSSR count). The van der Waals surface area contributed by atoms with Crippen molar-refractivity contribution in [2.24, 2.45) is 5.14 Å². The van der Waals surface area contributed by atoms with Gasteiger partial charge in [-0.25, -0.2) is 17.9 Å². The SMILES string of the molecule is CC(C)n1c(C=C[C@@H](O)C[C@@H](O)CC(=O)O)c(-c2ccc(F)cc2)c(-c2ccccc2)c1C(=O)Nc1cccc(S(N)(=O)=O)c1.[NaH]. The molecule has 0 fully saturated rings. The van der Waals surface area contributed by atoms with E-state index in [1.54, 1.807) is 34.9 Å². The molecule has 0 bridgehead atoms. The number of carboxylic acids is 1. The quantitative estimate of drug-likeness (QED) is 0.140. The molecule has 0 unspecified atom stereocenters. The molecule has 0 aliphatic rings. The second kappa shape index (κ2) is 15.8. The molecule has 2 atom stereocenters. The standard InChI is InChI=1S/C33H34FN3O7S.Na.H/c1-20(2)37-28(16-15-25(38)18-26(39)19-29(40)41)30(22-11-13-23(34)14-12-22)31(21-7-4-3-5-8-21)32(37)33(42)36-24-9-6-10-27(17-24)45(35,43)44;;/h3-17,20,25-26,38-39H,18-19H2,1-2H3,(H,36,42)(H,40,41)(H2,35,43,44);;/t25-,26-;;/m1../s1. The first kappa shape index (κ1) is 36.8. The van der Waals surface area contributed by atoms with Gasteiger partial charge in [0.05, 0.1) is 23.5 Å². The Morgan fingerprint density at radius 2 is 1.59 bits per heavy atom. The number of benzene rings is 3. The fraction of sp³-hybridized carbons (Fsp3) is 0.212. The van der Waals surface area contributed by atoms with Crippen LogP contribution in [0, 0.1) is 5.82 Å². The minimum atomic E-state index is -4.04. The van der Waals surface area contributed by atoms with Crippen molar-refractivity contribution in [3.05, 3.63) is 102 Å². The van der Waals surface area contributed by atoms with Gasteiger partial charge in [0.2, 0.25) is 10.0 Å². The van der Waals surface area contributed by atoms with Crippen LogP contribution in [-0.2, 0) is 14.8 Å². The summed E-state index contributed by atoms with van der Waals surface area (Å²) in [5, 5.41) is 37.8. The van der Waals surface area contributed by atoms with Crippen molar-refractivity contribution in [2.75, 3.05) is 5.32 Å². The minimum absolute atomic E-state index is 0. The Morgan fingerprint density at radius 1 is 0.957 bits per heavy atom. The molecule has 46 heavy (non-hydrogen) atoms. The van der Waals surface area contributed by atoms with E-state index < -0.39 is 46.3 Å². The normalized spacial score (nSPS) is 12.9. The van der Waals surface area contributed by atoms with Gasteiger partial charge in [-0.1, -0.05) is 54.6 Å². The predicted molar refractivity (Wildman–Crippen MR) is 176 cm³/mol. The van der Waals surface area contributed by atoms with Crippen LogP contribution in [0.5, 0.6) is 0 Å². The Morgan fingerprint density at radius 3 is 2.17 bits per heavy atom. The van der Waals surface area contributed by atoms with Gasteiger partial charge in [-0.2, -0.15) is 0 Å². The summed E-state index contributed by atoms with van der Waals surface area (Å²) in [6, 6.07) is 20.0. The molecule has 238 valence electrons. The number of nitrogens with two attached hydrogens (primary N) is 1. The van der Waals surface area contributed by atoms with Crippen LogP contribution in [0.4, 0.5) is 10.1 Å². The van der Waals surface area contributed by atoms with Gasteiger partial charge in [0.15, 0.2) is 0 Å². The van der Waals surface area contributed by atoms with Gasteiger partial charge in [-0.3, -0.25) is 9.59 Å². The molecular formula is C33H35FN3NaO7S. The fourth-order valence-electron chi connectivity index (χ4n) is 5.11. The van der Waals surface area contributed by atoms with Gasteiger partial charge in [0, 0.05) is 35.0 Å². The van der Waals surface area contributed by atoms with E-state index in [9.17, 15) is 32.6 Å². The zero-order valence-corrected chi connectivity index (χ0v) is 25.4. The molecule has 0 spiro atoms. The number of amides is 1. The number of anilines is 1. The van der Waals surface area contributed by atoms with Crippen LogP contribution in [0.1, 0.15) is 48.9 Å². The first-order valence-electron chi connectivity index (χ1n) is 14.1. The number of aliphatic hydroxyl groups excluding tert-OH is 2. The van der Waals surface area contributed by atoms with Crippen molar-refractivity contribution in [2.45, 2.75) is 49.8 Å². The molecule has 1 aromatic heterocycles. The second-order valence-corrected chi connectivity index (χ2v) is 12.3. The molecule has 1 amide bonds. The van der Waals surface area contributed by atoms with E-state index >= 15 is 0 Å². The third kappa shape index (κ3) is 9.01. The number of carbonyl (C=O) groups is 2. The van der Waals surface area contributed by atoms with Gasteiger partial charge in [0.1, 0.15) is 11.5 Å². The molecule has 4 aromatic rings. The van der Waals surface area contributed by atoms with Gasteiger partial charge in [-0.05, 0) is 61.4 Å². The molecule has 0 saturated heterocycles. The summed E-state index contributed by atoms with van der Waals surface area (Å²) >= 11 is 0. The van der Waals surface area contributed by atoms with Gasteiger partial charge < -0.3 is 25.2 Å². The number of aliphatic carboxylic acids is 1.